The van der Waals surface area contributed by atoms with Gasteiger partial charge in [0.2, 0.25) is 0 Å². The Morgan fingerprint density at radius 2 is 2.00 bits per heavy atom. The number of hydrogen-bond acceptors (Lipinski definition) is 2. The zero-order chi connectivity index (χ0) is 10.5. The fourth-order valence-electron chi connectivity index (χ4n) is 2.92. The van der Waals surface area contributed by atoms with E-state index in [1.165, 1.54) is 24.0 Å². The van der Waals surface area contributed by atoms with E-state index in [0.717, 1.165) is 25.0 Å². The fourth-order valence-corrected chi connectivity index (χ4v) is 2.92. The minimum absolute atomic E-state index is 0.0198. The van der Waals surface area contributed by atoms with Gasteiger partial charge in [-0.05, 0) is 44.2 Å². The van der Waals surface area contributed by atoms with Crippen LogP contribution in [0.3, 0.4) is 0 Å². The molecule has 0 unspecified atom stereocenters. The van der Waals surface area contributed by atoms with Gasteiger partial charge in [0.05, 0.1) is 0 Å². The molecule has 1 N–H and O–H groups in total. The highest BCUT2D eigenvalue weighted by Gasteiger charge is 2.43. The second kappa shape index (κ2) is 2.91. The van der Waals surface area contributed by atoms with Gasteiger partial charge in [-0.1, -0.05) is 6.07 Å². The molecule has 1 heterocycles. The molecule has 1 aromatic carbocycles. The summed E-state index contributed by atoms with van der Waals surface area (Å²) < 4.78 is 6.02. The second-order valence-electron chi connectivity index (χ2n) is 4.88. The van der Waals surface area contributed by atoms with Crippen molar-refractivity contribution in [1.82, 2.24) is 0 Å². The summed E-state index contributed by atoms with van der Waals surface area (Å²) in [6.07, 6.45) is 5.78. The lowest BCUT2D eigenvalue weighted by atomic mass is 9.93. The summed E-state index contributed by atoms with van der Waals surface area (Å²) in [6.45, 7) is 2.09. The van der Waals surface area contributed by atoms with Crippen molar-refractivity contribution >= 4 is 0 Å². The third-order valence-corrected chi connectivity index (χ3v) is 3.81. The van der Waals surface area contributed by atoms with Gasteiger partial charge in [-0.25, -0.2) is 0 Å². The van der Waals surface area contributed by atoms with Crippen LogP contribution in [-0.4, -0.2) is 10.7 Å². The third kappa shape index (κ3) is 1.24. The van der Waals surface area contributed by atoms with E-state index >= 15 is 0 Å². The van der Waals surface area contributed by atoms with E-state index in [0.29, 0.717) is 5.75 Å². The summed E-state index contributed by atoms with van der Waals surface area (Å²) in [5.74, 6) is 1.05. The SMILES string of the molecule is Cc1ccc(O)c2c1CC1(CCCC1)O2. The molecule has 1 spiro atoms. The predicted octanol–water partition coefficient (Wildman–Crippen LogP) is 2.95. The van der Waals surface area contributed by atoms with Crippen LogP contribution < -0.4 is 4.74 Å². The first-order valence-electron chi connectivity index (χ1n) is 5.71. The van der Waals surface area contributed by atoms with Crippen molar-refractivity contribution in [2.75, 3.05) is 0 Å². The Bertz CT molecular complexity index is 370. The molecular formula is C13H16O2. The minimum Gasteiger partial charge on any atom is -0.504 e. The molecule has 2 aliphatic rings. The summed E-state index contributed by atoms with van der Waals surface area (Å²) in [5, 5.41) is 9.77. The van der Waals surface area contributed by atoms with Crippen LogP contribution in [0.15, 0.2) is 12.1 Å². The van der Waals surface area contributed by atoms with Gasteiger partial charge in [0.25, 0.3) is 0 Å². The van der Waals surface area contributed by atoms with Crippen molar-refractivity contribution in [3.05, 3.63) is 23.3 Å². The molecule has 1 aliphatic carbocycles. The Balaban J connectivity index is 2.05. The Morgan fingerprint density at radius 1 is 1.27 bits per heavy atom. The summed E-state index contributed by atoms with van der Waals surface area (Å²) in [4.78, 5) is 0. The van der Waals surface area contributed by atoms with Crippen LogP contribution in [0.1, 0.15) is 36.8 Å². The van der Waals surface area contributed by atoms with Crippen molar-refractivity contribution in [3.63, 3.8) is 0 Å². The minimum atomic E-state index is 0.0198. The van der Waals surface area contributed by atoms with Crippen molar-refractivity contribution in [3.8, 4) is 11.5 Å². The standard InChI is InChI=1S/C13H16O2/c1-9-4-5-11(14)12-10(9)8-13(15-12)6-2-3-7-13/h4-5,14H,2-3,6-8H2,1H3. The van der Waals surface area contributed by atoms with Crippen LogP contribution in [-0.2, 0) is 6.42 Å². The highest BCUT2D eigenvalue weighted by atomic mass is 16.5. The van der Waals surface area contributed by atoms with Gasteiger partial charge in [-0.3, -0.25) is 0 Å². The van der Waals surface area contributed by atoms with E-state index in [9.17, 15) is 5.11 Å². The maximum Gasteiger partial charge on any atom is 0.165 e. The molecule has 3 rings (SSSR count). The highest BCUT2D eigenvalue weighted by Crippen LogP contribution is 2.48. The maximum absolute atomic E-state index is 9.77. The van der Waals surface area contributed by atoms with Crippen LogP contribution in [0.25, 0.3) is 0 Å². The number of phenolic OH excluding ortho intramolecular Hbond substituents is 1. The number of fused-ring (bicyclic) bond motifs is 1. The number of rotatable bonds is 0. The zero-order valence-corrected chi connectivity index (χ0v) is 9.05. The molecule has 2 nitrogen and oxygen atoms in total. The lowest BCUT2D eigenvalue weighted by molar-refractivity contribution is 0.0997. The van der Waals surface area contributed by atoms with Crippen LogP contribution in [0.5, 0.6) is 11.5 Å². The average molecular weight is 204 g/mol. The molecule has 0 radical (unpaired) electrons. The van der Waals surface area contributed by atoms with Gasteiger partial charge in [0.15, 0.2) is 11.5 Å². The van der Waals surface area contributed by atoms with Gasteiger partial charge < -0.3 is 9.84 Å². The Hall–Kier alpha value is -1.18. The van der Waals surface area contributed by atoms with Crippen LogP contribution in [0.4, 0.5) is 0 Å². The van der Waals surface area contributed by atoms with Gasteiger partial charge >= 0.3 is 0 Å². The van der Waals surface area contributed by atoms with E-state index in [2.05, 4.69) is 6.92 Å². The molecule has 2 heteroatoms. The lowest BCUT2D eigenvalue weighted by Crippen LogP contribution is -2.30. The van der Waals surface area contributed by atoms with E-state index in [-0.39, 0.29) is 5.60 Å². The molecule has 1 saturated carbocycles. The fraction of sp³-hybridized carbons (Fsp3) is 0.538. The van der Waals surface area contributed by atoms with Gasteiger partial charge in [-0.2, -0.15) is 0 Å². The number of aryl methyl sites for hydroxylation is 1. The number of hydrogen-bond donors (Lipinski definition) is 1. The molecule has 1 aliphatic heterocycles. The topological polar surface area (TPSA) is 29.5 Å². The number of benzene rings is 1. The van der Waals surface area contributed by atoms with Gasteiger partial charge in [0.1, 0.15) is 5.60 Å². The average Bonchev–Trinajstić information content (AvgIpc) is 2.82. The zero-order valence-electron chi connectivity index (χ0n) is 9.05. The molecule has 15 heavy (non-hydrogen) atoms. The summed E-state index contributed by atoms with van der Waals surface area (Å²) in [6, 6.07) is 3.72. The first-order chi connectivity index (χ1) is 7.20. The Morgan fingerprint density at radius 3 is 2.67 bits per heavy atom. The smallest absolute Gasteiger partial charge is 0.165 e. The highest BCUT2D eigenvalue weighted by molar-refractivity contribution is 5.53. The Kier molecular flexibility index (Phi) is 1.76. The molecule has 1 fully saturated rings. The summed E-state index contributed by atoms with van der Waals surface area (Å²) in [7, 11) is 0. The largest absolute Gasteiger partial charge is 0.504 e. The molecule has 80 valence electrons. The second-order valence-corrected chi connectivity index (χ2v) is 4.88. The number of phenols is 1. The maximum atomic E-state index is 9.77. The molecule has 1 aromatic rings. The predicted molar refractivity (Wildman–Crippen MR) is 58.4 cm³/mol. The van der Waals surface area contributed by atoms with E-state index in [1.54, 1.807) is 6.07 Å². The lowest BCUT2D eigenvalue weighted by Gasteiger charge is -2.22. The molecular weight excluding hydrogens is 188 g/mol. The molecule has 0 bridgehead atoms. The van der Waals surface area contributed by atoms with Crippen LogP contribution >= 0.6 is 0 Å². The molecule has 0 aromatic heterocycles. The van der Waals surface area contributed by atoms with Crippen LogP contribution in [0, 0.1) is 6.92 Å². The van der Waals surface area contributed by atoms with Crippen molar-refractivity contribution in [2.24, 2.45) is 0 Å². The first kappa shape index (κ1) is 9.08. The van der Waals surface area contributed by atoms with Gasteiger partial charge in [0, 0.05) is 12.0 Å². The molecule has 0 amide bonds. The number of ether oxygens (including phenoxy) is 1. The van der Waals surface area contributed by atoms with E-state index in [4.69, 9.17) is 4.74 Å². The van der Waals surface area contributed by atoms with Gasteiger partial charge in [-0.15, -0.1) is 0 Å². The number of aromatic hydroxyl groups is 1. The van der Waals surface area contributed by atoms with Crippen LogP contribution in [0.2, 0.25) is 0 Å². The normalized spacial score (nSPS) is 21.7. The molecule has 0 atom stereocenters. The first-order valence-corrected chi connectivity index (χ1v) is 5.71. The van der Waals surface area contributed by atoms with E-state index in [1.807, 2.05) is 6.07 Å². The van der Waals surface area contributed by atoms with Crippen molar-refractivity contribution in [2.45, 2.75) is 44.6 Å². The Labute approximate surface area is 89.9 Å². The summed E-state index contributed by atoms with van der Waals surface area (Å²) >= 11 is 0. The van der Waals surface area contributed by atoms with Crippen molar-refractivity contribution in [1.29, 1.82) is 0 Å². The molecule has 0 saturated heterocycles. The summed E-state index contributed by atoms with van der Waals surface area (Å²) in [5.41, 5.74) is 2.48. The quantitative estimate of drug-likeness (QED) is 0.704. The van der Waals surface area contributed by atoms with E-state index < -0.39 is 0 Å². The third-order valence-electron chi connectivity index (χ3n) is 3.81. The van der Waals surface area contributed by atoms with Crippen molar-refractivity contribution < 1.29 is 9.84 Å². The monoisotopic (exact) mass is 204 g/mol.